The van der Waals surface area contributed by atoms with Crippen LogP contribution in [0.5, 0.6) is 5.75 Å². The Bertz CT molecular complexity index is 601. The fraction of sp³-hybridized carbons (Fsp3) is 0.286. The summed E-state index contributed by atoms with van der Waals surface area (Å²) in [5, 5.41) is 6.36. The summed E-state index contributed by atoms with van der Waals surface area (Å²) < 4.78 is 10.1. The quantitative estimate of drug-likeness (QED) is 0.819. The summed E-state index contributed by atoms with van der Waals surface area (Å²) in [6, 6.07) is 7.06. The fourth-order valence-electron chi connectivity index (χ4n) is 1.81. The molecule has 0 bridgehead atoms. The van der Waals surface area contributed by atoms with Crippen molar-refractivity contribution in [3.63, 3.8) is 0 Å². The Morgan fingerprint density at radius 2 is 2.20 bits per heavy atom. The van der Waals surface area contributed by atoms with Gasteiger partial charge in [0.1, 0.15) is 5.75 Å². The van der Waals surface area contributed by atoms with Crippen LogP contribution in [0.15, 0.2) is 30.5 Å². The maximum absolute atomic E-state index is 11.8. The van der Waals surface area contributed by atoms with Crippen LogP contribution >= 0.6 is 0 Å². The van der Waals surface area contributed by atoms with Crippen LogP contribution in [-0.2, 0) is 4.74 Å². The van der Waals surface area contributed by atoms with Gasteiger partial charge >= 0.3 is 6.03 Å². The number of methoxy groups -OCH3 is 2. The van der Waals surface area contributed by atoms with E-state index < -0.39 is 0 Å². The number of fused-ring (bicyclic) bond motifs is 1. The number of ether oxygens (including phenoxy) is 2. The summed E-state index contributed by atoms with van der Waals surface area (Å²) in [7, 11) is 3.17. The maximum atomic E-state index is 11.8. The molecule has 1 aromatic carbocycles. The summed E-state index contributed by atoms with van der Waals surface area (Å²) in [5.41, 5.74) is 1.32. The number of anilines is 1. The lowest BCUT2D eigenvalue weighted by Crippen LogP contribution is -2.31. The Labute approximate surface area is 117 Å². The number of aromatic nitrogens is 1. The zero-order valence-electron chi connectivity index (χ0n) is 11.5. The normalized spacial score (nSPS) is 10.3. The minimum atomic E-state index is -0.303. The zero-order chi connectivity index (χ0) is 14.4. The Morgan fingerprint density at radius 1 is 1.35 bits per heavy atom. The summed E-state index contributed by atoms with van der Waals surface area (Å²) in [5.74, 6) is 0.665. The SMILES string of the molecule is COCCNC(=O)Nc1cc(OC)cc2cccnc12. The van der Waals surface area contributed by atoms with Crippen molar-refractivity contribution < 1.29 is 14.3 Å². The molecule has 0 saturated heterocycles. The molecule has 6 heteroatoms. The highest BCUT2D eigenvalue weighted by atomic mass is 16.5. The van der Waals surface area contributed by atoms with Crippen LogP contribution in [0.25, 0.3) is 10.9 Å². The molecule has 0 aliphatic rings. The third-order valence-electron chi connectivity index (χ3n) is 2.75. The fourth-order valence-corrected chi connectivity index (χ4v) is 1.81. The van der Waals surface area contributed by atoms with Crippen LogP contribution in [0.3, 0.4) is 0 Å². The summed E-state index contributed by atoms with van der Waals surface area (Å²) in [6.07, 6.45) is 1.68. The van der Waals surface area contributed by atoms with Gasteiger partial charge in [-0.1, -0.05) is 6.07 Å². The third-order valence-corrected chi connectivity index (χ3v) is 2.75. The Hall–Kier alpha value is -2.34. The molecule has 1 heterocycles. The van der Waals surface area contributed by atoms with E-state index in [1.807, 2.05) is 18.2 Å². The molecular formula is C14H17N3O3. The van der Waals surface area contributed by atoms with Gasteiger partial charge in [-0.2, -0.15) is 0 Å². The molecule has 0 fully saturated rings. The van der Waals surface area contributed by atoms with Crippen LogP contribution in [0, 0.1) is 0 Å². The first-order valence-electron chi connectivity index (χ1n) is 6.21. The molecule has 0 aliphatic heterocycles. The standard InChI is InChI=1S/C14H17N3O3/c1-19-7-6-16-14(18)17-12-9-11(20-2)8-10-4-3-5-15-13(10)12/h3-5,8-9H,6-7H2,1-2H3,(H2,16,17,18). The van der Waals surface area contributed by atoms with Crippen molar-refractivity contribution in [3.05, 3.63) is 30.5 Å². The molecular weight excluding hydrogens is 258 g/mol. The smallest absolute Gasteiger partial charge is 0.319 e. The van der Waals surface area contributed by atoms with Gasteiger partial charge in [0.25, 0.3) is 0 Å². The molecule has 0 atom stereocenters. The number of nitrogens with one attached hydrogen (secondary N) is 2. The number of carbonyl (C=O) groups is 1. The Balaban J connectivity index is 2.21. The molecule has 0 radical (unpaired) electrons. The summed E-state index contributed by atoms with van der Waals surface area (Å²) >= 11 is 0. The van der Waals surface area contributed by atoms with Crippen LogP contribution in [0.2, 0.25) is 0 Å². The average molecular weight is 275 g/mol. The van der Waals surface area contributed by atoms with Gasteiger partial charge in [0.15, 0.2) is 0 Å². The summed E-state index contributed by atoms with van der Waals surface area (Å²) in [6.45, 7) is 0.905. The lowest BCUT2D eigenvalue weighted by molar-refractivity contribution is 0.198. The number of hydrogen-bond donors (Lipinski definition) is 2. The number of carbonyl (C=O) groups excluding carboxylic acids is 1. The van der Waals surface area contributed by atoms with E-state index in [1.54, 1.807) is 26.5 Å². The van der Waals surface area contributed by atoms with E-state index in [2.05, 4.69) is 15.6 Å². The van der Waals surface area contributed by atoms with Gasteiger partial charge in [-0.05, 0) is 12.1 Å². The average Bonchev–Trinajstić information content (AvgIpc) is 2.47. The van der Waals surface area contributed by atoms with Crippen LogP contribution in [-0.4, -0.2) is 38.4 Å². The van der Waals surface area contributed by atoms with E-state index in [0.29, 0.717) is 24.6 Å². The minimum Gasteiger partial charge on any atom is -0.497 e. The van der Waals surface area contributed by atoms with Gasteiger partial charge < -0.3 is 20.1 Å². The number of nitrogens with zero attached hydrogens (tertiary/aromatic N) is 1. The second-order valence-electron chi connectivity index (χ2n) is 4.12. The number of pyridine rings is 1. The molecule has 2 aromatic rings. The molecule has 0 spiro atoms. The molecule has 0 saturated carbocycles. The van der Waals surface area contributed by atoms with Gasteiger partial charge in [0.05, 0.1) is 24.9 Å². The predicted molar refractivity (Wildman–Crippen MR) is 77.2 cm³/mol. The molecule has 20 heavy (non-hydrogen) atoms. The largest absolute Gasteiger partial charge is 0.497 e. The van der Waals surface area contributed by atoms with Crippen molar-refractivity contribution in [1.82, 2.24) is 10.3 Å². The zero-order valence-corrected chi connectivity index (χ0v) is 11.5. The van der Waals surface area contributed by atoms with Crippen molar-refractivity contribution in [1.29, 1.82) is 0 Å². The highest BCUT2D eigenvalue weighted by Gasteiger charge is 2.08. The molecule has 1 aromatic heterocycles. The van der Waals surface area contributed by atoms with Gasteiger partial charge in [-0.15, -0.1) is 0 Å². The third kappa shape index (κ3) is 3.36. The molecule has 6 nitrogen and oxygen atoms in total. The molecule has 106 valence electrons. The van der Waals surface area contributed by atoms with Crippen molar-refractivity contribution in [3.8, 4) is 5.75 Å². The van der Waals surface area contributed by atoms with Crippen LogP contribution in [0.1, 0.15) is 0 Å². The Kier molecular flexibility index (Phi) is 4.73. The van der Waals surface area contributed by atoms with Gasteiger partial charge in [-0.25, -0.2) is 4.79 Å². The van der Waals surface area contributed by atoms with Crippen LogP contribution in [0.4, 0.5) is 10.5 Å². The molecule has 2 rings (SSSR count). The van der Waals surface area contributed by atoms with E-state index in [4.69, 9.17) is 9.47 Å². The second kappa shape index (κ2) is 6.72. The van der Waals surface area contributed by atoms with E-state index in [9.17, 15) is 4.79 Å². The lowest BCUT2D eigenvalue weighted by atomic mass is 10.2. The molecule has 2 N–H and O–H groups in total. The van der Waals surface area contributed by atoms with Gasteiger partial charge in [0.2, 0.25) is 0 Å². The van der Waals surface area contributed by atoms with Gasteiger partial charge in [0, 0.05) is 31.3 Å². The summed E-state index contributed by atoms with van der Waals surface area (Å²) in [4.78, 5) is 16.1. The Morgan fingerprint density at radius 3 is 2.95 bits per heavy atom. The van der Waals surface area contributed by atoms with E-state index in [0.717, 1.165) is 10.9 Å². The maximum Gasteiger partial charge on any atom is 0.319 e. The molecule has 0 unspecified atom stereocenters. The van der Waals surface area contributed by atoms with E-state index >= 15 is 0 Å². The minimum absolute atomic E-state index is 0.303. The number of rotatable bonds is 5. The second-order valence-corrected chi connectivity index (χ2v) is 4.12. The monoisotopic (exact) mass is 275 g/mol. The predicted octanol–water partition coefficient (Wildman–Crippen LogP) is 2.01. The van der Waals surface area contributed by atoms with E-state index in [1.165, 1.54) is 0 Å². The number of benzene rings is 1. The first-order valence-corrected chi connectivity index (χ1v) is 6.21. The highest BCUT2D eigenvalue weighted by Crippen LogP contribution is 2.27. The van der Waals surface area contributed by atoms with E-state index in [-0.39, 0.29) is 6.03 Å². The molecule has 2 amide bonds. The molecule has 0 aliphatic carbocycles. The number of urea groups is 1. The van der Waals surface area contributed by atoms with Crippen molar-refractivity contribution in [2.75, 3.05) is 32.7 Å². The van der Waals surface area contributed by atoms with Crippen molar-refractivity contribution in [2.45, 2.75) is 0 Å². The first kappa shape index (κ1) is 14.1. The van der Waals surface area contributed by atoms with Crippen LogP contribution < -0.4 is 15.4 Å². The first-order chi connectivity index (χ1) is 9.74. The highest BCUT2D eigenvalue weighted by molar-refractivity contribution is 6.00. The lowest BCUT2D eigenvalue weighted by Gasteiger charge is -2.11. The van der Waals surface area contributed by atoms with Crippen molar-refractivity contribution >= 4 is 22.6 Å². The topological polar surface area (TPSA) is 72.5 Å². The van der Waals surface area contributed by atoms with Gasteiger partial charge in [-0.3, -0.25) is 4.98 Å². The number of amides is 2. The number of hydrogen-bond acceptors (Lipinski definition) is 4. The van der Waals surface area contributed by atoms with Crippen molar-refractivity contribution in [2.24, 2.45) is 0 Å².